The number of amides is 1. The van der Waals surface area contributed by atoms with Gasteiger partial charge in [0.15, 0.2) is 5.11 Å². The molecule has 2 aromatic rings. The summed E-state index contributed by atoms with van der Waals surface area (Å²) in [4.78, 5) is 12.4. The predicted molar refractivity (Wildman–Crippen MR) is 97.8 cm³/mol. The standard InChI is InChI=1S/C13H13Cl3N6OS/c1-8-4-2-3-5-9(8)10(23)19-11(13(14,15)16)20-12(24)21-22-6-17-18-7-22/h2-7,11H,1H3,(H,19,23)(H2,20,21,24). The van der Waals surface area contributed by atoms with Crippen molar-refractivity contribution in [3.8, 4) is 0 Å². The molecule has 1 unspecified atom stereocenters. The Kier molecular flexibility index (Phi) is 6.22. The van der Waals surface area contributed by atoms with Crippen molar-refractivity contribution in [1.29, 1.82) is 0 Å². The molecule has 0 aliphatic carbocycles. The summed E-state index contributed by atoms with van der Waals surface area (Å²) in [6.07, 6.45) is 1.72. The number of nitrogens with zero attached hydrogens (tertiary/aromatic N) is 3. The quantitative estimate of drug-likeness (QED) is 0.409. The number of rotatable bonds is 4. The Labute approximate surface area is 158 Å². The van der Waals surface area contributed by atoms with Gasteiger partial charge in [0, 0.05) is 5.56 Å². The van der Waals surface area contributed by atoms with Gasteiger partial charge < -0.3 is 10.6 Å². The van der Waals surface area contributed by atoms with Crippen LogP contribution in [0.1, 0.15) is 15.9 Å². The average Bonchev–Trinajstić information content (AvgIpc) is 2.98. The van der Waals surface area contributed by atoms with Gasteiger partial charge in [0.2, 0.25) is 3.79 Å². The third-order valence-electron chi connectivity index (χ3n) is 2.92. The van der Waals surface area contributed by atoms with E-state index in [1.165, 1.54) is 17.3 Å². The van der Waals surface area contributed by atoms with Crippen molar-refractivity contribution in [3.63, 3.8) is 0 Å². The topological polar surface area (TPSA) is 83.9 Å². The molecule has 1 aromatic carbocycles. The van der Waals surface area contributed by atoms with Crippen LogP contribution in [-0.4, -0.2) is 35.9 Å². The zero-order valence-corrected chi connectivity index (χ0v) is 15.4. The molecule has 2 rings (SSSR count). The highest BCUT2D eigenvalue weighted by Crippen LogP contribution is 2.29. The Hall–Kier alpha value is -1.61. The Balaban J connectivity index is 2.07. The number of benzene rings is 1. The first-order valence-electron chi connectivity index (χ1n) is 6.62. The number of hydrogen-bond donors (Lipinski definition) is 3. The minimum absolute atomic E-state index is 0.108. The summed E-state index contributed by atoms with van der Waals surface area (Å²) < 4.78 is -0.439. The molecule has 24 heavy (non-hydrogen) atoms. The third kappa shape index (κ3) is 5.20. The van der Waals surface area contributed by atoms with E-state index in [2.05, 4.69) is 26.3 Å². The van der Waals surface area contributed by atoms with E-state index in [4.69, 9.17) is 47.0 Å². The lowest BCUT2D eigenvalue weighted by molar-refractivity contribution is 0.0934. The number of carbonyl (C=O) groups is 1. The van der Waals surface area contributed by atoms with Gasteiger partial charge in [-0.3, -0.25) is 10.2 Å². The summed E-state index contributed by atoms with van der Waals surface area (Å²) in [6, 6.07) is 7.06. The largest absolute Gasteiger partial charge is 0.338 e. The van der Waals surface area contributed by atoms with Crippen molar-refractivity contribution in [3.05, 3.63) is 48.0 Å². The van der Waals surface area contributed by atoms with Crippen LogP contribution in [0.5, 0.6) is 0 Å². The first-order chi connectivity index (χ1) is 11.3. The van der Waals surface area contributed by atoms with Gasteiger partial charge in [-0.1, -0.05) is 53.0 Å². The van der Waals surface area contributed by atoms with Crippen molar-refractivity contribution in [1.82, 2.24) is 25.5 Å². The zero-order chi connectivity index (χ0) is 17.7. The summed E-state index contributed by atoms with van der Waals surface area (Å²) in [5, 5.41) is 12.7. The number of thiocarbonyl (C=S) groups is 1. The minimum Gasteiger partial charge on any atom is -0.338 e. The average molecular weight is 408 g/mol. The molecular formula is C13H13Cl3N6OS. The van der Waals surface area contributed by atoms with E-state index in [-0.39, 0.29) is 5.11 Å². The maximum atomic E-state index is 12.4. The summed E-state index contributed by atoms with van der Waals surface area (Å²) in [5.41, 5.74) is 4.00. The summed E-state index contributed by atoms with van der Waals surface area (Å²) in [6.45, 7) is 1.81. The van der Waals surface area contributed by atoms with E-state index in [0.717, 1.165) is 5.56 Å². The van der Waals surface area contributed by atoms with Gasteiger partial charge in [0.05, 0.1) is 0 Å². The summed E-state index contributed by atoms with van der Waals surface area (Å²) in [7, 11) is 0. The van der Waals surface area contributed by atoms with Crippen molar-refractivity contribution >= 4 is 58.0 Å². The molecule has 0 aliphatic rings. The number of alkyl halides is 3. The van der Waals surface area contributed by atoms with Crippen LogP contribution in [0.3, 0.4) is 0 Å². The fourth-order valence-electron chi connectivity index (χ4n) is 1.78. The van der Waals surface area contributed by atoms with Gasteiger partial charge in [-0.25, -0.2) is 4.68 Å². The highest BCUT2D eigenvalue weighted by atomic mass is 35.6. The number of hydrogen-bond acceptors (Lipinski definition) is 4. The van der Waals surface area contributed by atoms with E-state index in [1.807, 2.05) is 19.1 Å². The molecule has 0 bridgehead atoms. The van der Waals surface area contributed by atoms with Crippen molar-refractivity contribution < 1.29 is 4.79 Å². The fourth-order valence-corrected chi connectivity index (χ4v) is 2.33. The molecule has 128 valence electrons. The Morgan fingerprint density at radius 3 is 2.42 bits per heavy atom. The summed E-state index contributed by atoms with van der Waals surface area (Å²) >= 11 is 22.9. The Morgan fingerprint density at radius 1 is 1.21 bits per heavy atom. The molecule has 3 N–H and O–H groups in total. The second-order valence-electron chi connectivity index (χ2n) is 4.72. The van der Waals surface area contributed by atoms with Crippen LogP contribution < -0.4 is 16.1 Å². The molecule has 0 fully saturated rings. The minimum atomic E-state index is -1.84. The second kappa shape index (κ2) is 7.98. The lowest BCUT2D eigenvalue weighted by Gasteiger charge is -2.28. The van der Waals surface area contributed by atoms with Crippen LogP contribution in [-0.2, 0) is 0 Å². The van der Waals surface area contributed by atoms with Gasteiger partial charge in [0.25, 0.3) is 5.91 Å². The Bertz CT molecular complexity index is 719. The maximum Gasteiger partial charge on any atom is 0.253 e. The van der Waals surface area contributed by atoms with E-state index in [1.54, 1.807) is 12.1 Å². The smallest absolute Gasteiger partial charge is 0.253 e. The molecule has 1 heterocycles. The van der Waals surface area contributed by atoms with Gasteiger partial charge in [-0.15, -0.1) is 10.2 Å². The van der Waals surface area contributed by atoms with Crippen LogP contribution in [0.25, 0.3) is 0 Å². The van der Waals surface area contributed by atoms with Gasteiger partial charge in [-0.05, 0) is 30.8 Å². The molecule has 0 radical (unpaired) electrons. The van der Waals surface area contributed by atoms with Crippen LogP contribution in [0, 0.1) is 6.92 Å². The number of nitrogens with one attached hydrogen (secondary N) is 3. The highest BCUT2D eigenvalue weighted by Gasteiger charge is 2.35. The molecule has 11 heteroatoms. The maximum absolute atomic E-state index is 12.4. The molecule has 7 nitrogen and oxygen atoms in total. The number of carbonyl (C=O) groups excluding carboxylic acids is 1. The third-order valence-corrected chi connectivity index (χ3v) is 3.78. The lowest BCUT2D eigenvalue weighted by atomic mass is 10.1. The molecule has 0 saturated heterocycles. The lowest BCUT2D eigenvalue weighted by Crippen LogP contribution is -2.56. The number of halogens is 3. The first-order valence-corrected chi connectivity index (χ1v) is 8.17. The van der Waals surface area contributed by atoms with Crippen LogP contribution in [0.4, 0.5) is 0 Å². The fraction of sp³-hybridized carbons (Fsp3) is 0.231. The molecule has 0 aliphatic heterocycles. The monoisotopic (exact) mass is 406 g/mol. The molecule has 0 spiro atoms. The van der Waals surface area contributed by atoms with Crippen LogP contribution >= 0.6 is 47.0 Å². The van der Waals surface area contributed by atoms with E-state index in [9.17, 15) is 4.79 Å². The molecule has 0 saturated carbocycles. The molecular weight excluding hydrogens is 395 g/mol. The van der Waals surface area contributed by atoms with Crippen LogP contribution in [0.2, 0.25) is 0 Å². The van der Waals surface area contributed by atoms with E-state index in [0.29, 0.717) is 5.56 Å². The normalized spacial score (nSPS) is 12.3. The van der Waals surface area contributed by atoms with E-state index >= 15 is 0 Å². The molecule has 1 amide bonds. The Morgan fingerprint density at radius 2 is 1.83 bits per heavy atom. The van der Waals surface area contributed by atoms with Gasteiger partial charge >= 0.3 is 0 Å². The van der Waals surface area contributed by atoms with E-state index < -0.39 is 15.9 Å². The first kappa shape index (κ1) is 18.7. The van der Waals surface area contributed by atoms with Crippen LogP contribution in [0.15, 0.2) is 36.9 Å². The number of aryl methyl sites for hydroxylation is 1. The second-order valence-corrected chi connectivity index (χ2v) is 7.49. The summed E-state index contributed by atoms with van der Waals surface area (Å²) in [5.74, 6) is -0.399. The van der Waals surface area contributed by atoms with Gasteiger partial charge in [-0.2, -0.15) is 0 Å². The zero-order valence-electron chi connectivity index (χ0n) is 12.3. The highest BCUT2D eigenvalue weighted by molar-refractivity contribution is 7.80. The predicted octanol–water partition coefficient (Wildman–Crippen LogP) is 2.13. The van der Waals surface area contributed by atoms with Crippen molar-refractivity contribution in [2.24, 2.45) is 0 Å². The number of aromatic nitrogens is 3. The van der Waals surface area contributed by atoms with Gasteiger partial charge in [0.1, 0.15) is 18.8 Å². The van der Waals surface area contributed by atoms with Crippen molar-refractivity contribution in [2.45, 2.75) is 16.9 Å². The molecule has 1 atom stereocenters. The molecule has 1 aromatic heterocycles. The SMILES string of the molecule is Cc1ccccc1C(=O)NC(NC(=S)Nn1cnnc1)C(Cl)(Cl)Cl. The van der Waals surface area contributed by atoms with Crippen molar-refractivity contribution in [2.75, 3.05) is 5.43 Å².